The van der Waals surface area contributed by atoms with Gasteiger partial charge in [-0.25, -0.2) is 0 Å². The minimum absolute atomic E-state index is 1.14. The lowest BCUT2D eigenvalue weighted by Crippen LogP contribution is -1.67. The van der Waals surface area contributed by atoms with Crippen LogP contribution in [0.5, 0.6) is 0 Å². The van der Waals surface area contributed by atoms with Crippen molar-refractivity contribution in [3.05, 3.63) is 146 Å². The van der Waals surface area contributed by atoms with Crippen molar-refractivity contribution in [2.75, 3.05) is 0 Å². The second kappa shape index (κ2) is 38.2. The van der Waals surface area contributed by atoms with Crippen LogP contribution in [0.1, 0.15) is 81.1 Å². The summed E-state index contributed by atoms with van der Waals surface area (Å²) in [6.45, 7) is 16.0. The first-order valence-corrected chi connectivity index (χ1v) is 14.7. The van der Waals surface area contributed by atoms with E-state index in [2.05, 4.69) is 146 Å². The summed E-state index contributed by atoms with van der Waals surface area (Å²) in [5.74, 6) is 0. The van der Waals surface area contributed by atoms with Crippen LogP contribution >= 0.6 is 0 Å². The Hall–Kier alpha value is -3.38. The molecule has 6 rings (SSSR count). The average molecular weight is 513 g/mol. The molecule has 0 bridgehead atoms. The molecule has 0 N–H and O–H groups in total. The van der Waals surface area contributed by atoms with Crippen molar-refractivity contribution in [1.82, 2.24) is 0 Å². The molecule has 0 radical (unpaired) electrons. The van der Waals surface area contributed by atoms with E-state index in [0.29, 0.717) is 0 Å². The van der Waals surface area contributed by atoms with E-state index in [4.69, 9.17) is 0 Å². The fourth-order valence-electron chi connectivity index (χ4n) is 2.70. The third-order valence-corrected chi connectivity index (χ3v) is 4.28. The minimum atomic E-state index is 1.14. The number of allylic oxidation sites excluding steroid dienone is 16. The maximum Gasteiger partial charge on any atom is -0.0163 e. The first-order chi connectivity index (χ1) is 19.0. The van der Waals surface area contributed by atoms with Gasteiger partial charge < -0.3 is 0 Å². The van der Waals surface area contributed by atoms with Crippen molar-refractivity contribution in [2.24, 2.45) is 0 Å². The van der Waals surface area contributed by atoms with E-state index in [1.807, 2.05) is 55.4 Å². The molecule has 0 atom stereocenters. The molecular weight excluding hydrogens is 456 g/mol. The van der Waals surface area contributed by atoms with Gasteiger partial charge in [0, 0.05) is 0 Å². The van der Waals surface area contributed by atoms with Crippen LogP contribution in [0.4, 0.5) is 0 Å². The summed E-state index contributed by atoms with van der Waals surface area (Å²) in [5.41, 5.74) is 0. The van der Waals surface area contributed by atoms with Crippen LogP contribution in [0.2, 0.25) is 0 Å². The summed E-state index contributed by atoms with van der Waals surface area (Å²) in [7, 11) is 0. The number of fused-ring (bicyclic) bond motifs is 1. The normalized spacial score (nSPS) is 12.5. The van der Waals surface area contributed by atoms with Crippen LogP contribution in [0.3, 0.4) is 0 Å². The van der Waals surface area contributed by atoms with Crippen LogP contribution in [-0.4, -0.2) is 0 Å². The first-order valence-electron chi connectivity index (χ1n) is 14.7. The number of benzene rings is 2. The second-order valence-corrected chi connectivity index (χ2v) is 6.72. The van der Waals surface area contributed by atoms with Crippen LogP contribution in [0, 0.1) is 0 Å². The van der Waals surface area contributed by atoms with Gasteiger partial charge in [-0.2, -0.15) is 0 Å². The summed E-state index contributed by atoms with van der Waals surface area (Å²) >= 11 is 0. The van der Waals surface area contributed by atoms with Gasteiger partial charge in [-0.1, -0.05) is 201 Å². The van der Waals surface area contributed by atoms with Gasteiger partial charge in [-0.15, -0.1) is 0 Å². The Labute approximate surface area is 237 Å². The molecule has 0 fully saturated rings. The lowest BCUT2D eigenvalue weighted by molar-refractivity contribution is 1.45. The molecule has 0 nitrogen and oxygen atoms in total. The van der Waals surface area contributed by atoms with Gasteiger partial charge in [-0.3, -0.25) is 0 Å². The molecule has 0 unspecified atom stereocenters. The van der Waals surface area contributed by atoms with E-state index in [0.717, 1.165) is 25.7 Å². The van der Waals surface area contributed by atoms with Crippen molar-refractivity contribution in [2.45, 2.75) is 81.1 Å². The molecule has 208 valence electrons. The fraction of sp³-hybridized carbons (Fsp3) is 0.316. The Kier molecular flexibility index (Phi) is 39.3. The molecule has 0 spiro atoms. The van der Waals surface area contributed by atoms with Crippen molar-refractivity contribution >= 4 is 10.8 Å². The Morgan fingerprint density at radius 1 is 0.289 bits per heavy atom. The molecule has 0 saturated carbocycles. The highest BCUT2D eigenvalue weighted by Crippen LogP contribution is 2.11. The Bertz CT molecular complexity index is 749. The van der Waals surface area contributed by atoms with Crippen LogP contribution < -0.4 is 0 Å². The monoisotopic (exact) mass is 512 g/mol. The average Bonchev–Trinajstić information content (AvgIpc) is 3.87. The predicted octanol–water partition coefficient (Wildman–Crippen LogP) is 13.0. The summed E-state index contributed by atoms with van der Waals surface area (Å²) in [6, 6.07) is 16.7. The molecular formula is C38H56. The molecule has 38 heavy (non-hydrogen) atoms. The number of hydrogen-bond acceptors (Lipinski definition) is 0. The zero-order valence-corrected chi connectivity index (χ0v) is 25.7. The van der Waals surface area contributed by atoms with Gasteiger partial charge >= 0.3 is 0 Å². The summed E-state index contributed by atoms with van der Waals surface area (Å²) in [5, 5.41) is 2.62. The minimum Gasteiger partial charge on any atom is -0.0808 e. The maximum atomic E-state index is 2.12. The molecule has 0 heteroatoms. The molecule has 2 aromatic carbocycles. The van der Waals surface area contributed by atoms with Gasteiger partial charge in [0.2, 0.25) is 0 Å². The Morgan fingerprint density at radius 3 is 0.553 bits per heavy atom. The topological polar surface area (TPSA) is 0 Å². The smallest absolute Gasteiger partial charge is 0.0163 e. The van der Waals surface area contributed by atoms with Crippen LogP contribution in [-0.2, 0) is 0 Å². The molecule has 0 saturated heterocycles. The number of rotatable bonds is 0. The standard InChI is InChI=1S/C10H8.4C5H6.4C2H6/c1-2-6-10-8-4-3-7-9(10)5-1;4*1-2-4-5-3-1;4*1-2/h1-8H;4*1-4H,5H2;4*1-2H3. The van der Waals surface area contributed by atoms with Gasteiger partial charge in [0.15, 0.2) is 0 Å². The molecule has 0 aliphatic heterocycles. The Balaban J connectivity index is -0.000000389. The summed E-state index contributed by atoms with van der Waals surface area (Å²) in [6.07, 6.45) is 38.0. The van der Waals surface area contributed by atoms with Crippen LogP contribution in [0.25, 0.3) is 10.8 Å². The van der Waals surface area contributed by atoms with E-state index >= 15 is 0 Å². The second-order valence-electron chi connectivity index (χ2n) is 6.72. The predicted molar refractivity (Wildman–Crippen MR) is 181 cm³/mol. The molecule has 0 amide bonds. The summed E-state index contributed by atoms with van der Waals surface area (Å²) < 4.78 is 0. The van der Waals surface area contributed by atoms with Crippen molar-refractivity contribution < 1.29 is 0 Å². The Morgan fingerprint density at radius 2 is 0.447 bits per heavy atom. The molecule has 0 aromatic heterocycles. The third kappa shape index (κ3) is 27.2. The highest BCUT2D eigenvalue weighted by Gasteiger charge is 1.85. The first kappa shape index (κ1) is 39.1. The van der Waals surface area contributed by atoms with Crippen molar-refractivity contribution in [3.63, 3.8) is 0 Å². The van der Waals surface area contributed by atoms with Gasteiger partial charge in [-0.05, 0) is 36.5 Å². The molecule has 2 aromatic rings. The van der Waals surface area contributed by atoms with Crippen molar-refractivity contribution in [1.29, 1.82) is 0 Å². The van der Waals surface area contributed by atoms with E-state index in [1.54, 1.807) is 0 Å². The van der Waals surface area contributed by atoms with E-state index in [-0.39, 0.29) is 0 Å². The quantitative estimate of drug-likeness (QED) is 0.329. The number of hydrogen-bond donors (Lipinski definition) is 0. The highest BCUT2D eigenvalue weighted by atomic mass is 13.9. The van der Waals surface area contributed by atoms with Gasteiger partial charge in [0.1, 0.15) is 0 Å². The molecule has 4 aliphatic carbocycles. The zero-order chi connectivity index (χ0) is 29.0. The largest absolute Gasteiger partial charge is 0.0808 e. The maximum absolute atomic E-state index is 2.12. The molecule has 0 heterocycles. The molecule has 4 aliphatic rings. The fourth-order valence-corrected chi connectivity index (χ4v) is 2.70. The summed E-state index contributed by atoms with van der Waals surface area (Å²) in [4.78, 5) is 0. The lowest BCUT2D eigenvalue weighted by atomic mass is 10.1. The van der Waals surface area contributed by atoms with E-state index in [9.17, 15) is 0 Å². The van der Waals surface area contributed by atoms with Gasteiger partial charge in [0.05, 0.1) is 0 Å². The zero-order valence-electron chi connectivity index (χ0n) is 25.7. The SMILES string of the molecule is C1=CCC=C1.C1=CCC=C1.C1=CCC=C1.C1=CCC=C1.CC.CC.CC.CC.c1ccc2ccccc2c1. The highest BCUT2D eigenvalue weighted by molar-refractivity contribution is 5.82. The van der Waals surface area contributed by atoms with Crippen LogP contribution in [0.15, 0.2) is 146 Å². The van der Waals surface area contributed by atoms with E-state index < -0.39 is 0 Å². The lowest BCUT2D eigenvalue weighted by Gasteiger charge is -1.92. The van der Waals surface area contributed by atoms with E-state index in [1.165, 1.54) is 10.8 Å². The van der Waals surface area contributed by atoms with Gasteiger partial charge in [0.25, 0.3) is 0 Å². The third-order valence-electron chi connectivity index (χ3n) is 4.28. The van der Waals surface area contributed by atoms with Crippen molar-refractivity contribution in [3.8, 4) is 0 Å².